The maximum atomic E-state index is 13.7. The molecule has 0 N–H and O–H groups in total. The number of carbonyl (C=O) groups is 2. The van der Waals surface area contributed by atoms with Crippen molar-refractivity contribution >= 4 is 11.8 Å². The number of hydrogen-bond donors (Lipinski definition) is 0. The molecule has 1 heterocycles. The highest BCUT2D eigenvalue weighted by Crippen LogP contribution is 2.19. The summed E-state index contributed by atoms with van der Waals surface area (Å²) in [6, 6.07) is 5.20. The molecule has 5 nitrogen and oxygen atoms in total. The van der Waals surface area contributed by atoms with Crippen molar-refractivity contribution in [2.24, 2.45) is 0 Å². The molecule has 0 aliphatic carbocycles. The molecule has 0 bridgehead atoms. The summed E-state index contributed by atoms with van der Waals surface area (Å²) in [6.45, 7) is 2.33. The van der Waals surface area contributed by atoms with Gasteiger partial charge in [-0.25, -0.2) is 13.2 Å². The van der Waals surface area contributed by atoms with Crippen LogP contribution in [0, 0.1) is 17.1 Å². The lowest BCUT2D eigenvalue weighted by Gasteiger charge is -2.40. The van der Waals surface area contributed by atoms with E-state index >= 15 is 0 Å². The molecule has 0 aromatic heterocycles. The minimum Gasteiger partial charge on any atom is -0.336 e. The SMILES string of the molecule is C[C@@H]1CN(C(=O)c2cccc(F)c2C#N)CCN1C(=O)CCC(F)F. The van der Waals surface area contributed by atoms with Gasteiger partial charge in [0.2, 0.25) is 12.3 Å². The van der Waals surface area contributed by atoms with E-state index in [2.05, 4.69) is 0 Å². The van der Waals surface area contributed by atoms with Crippen LogP contribution in [-0.2, 0) is 4.79 Å². The Bertz CT molecular complexity index is 703. The van der Waals surface area contributed by atoms with Gasteiger partial charge in [-0.1, -0.05) is 6.07 Å². The van der Waals surface area contributed by atoms with Gasteiger partial charge in [-0.15, -0.1) is 0 Å². The molecule has 1 saturated heterocycles. The molecule has 1 fully saturated rings. The molecule has 0 radical (unpaired) electrons. The zero-order chi connectivity index (χ0) is 18.6. The van der Waals surface area contributed by atoms with E-state index in [0.717, 1.165) is 6.07 Å². The Labute approximate surface area is 143 Å². The third kappa shape index (κ3) is 4.29. The smallest absolute Gasteiger partial charge is 0.255 e. The minimum absolute atomic E-state index is 0.0211. The highest BCUT2D eigenvalue weighted by molar-refractivity contribution is 5.97. The maximum Gasteiger partial charge on any atom is 0.255 e. The third-order valence-electron chi connectivity index (χ3n) is 4.17. The molecule has 1 aliphatic heterocycles. The predicted molar refractivity (Wildman–Crippen MR) is 83.4 cm³/mol. The molecule has 2 rings (SSSR count). The van der Waals surface area contributed by atoms with Gasteiger partial charge in [-0.3, -0.25) is 9.59 Å². The lowest BCUT2D eigenvalue weighted by molar-refractivity contribution is -0.136. The van der Waals surface area contributed by atoms with Crippen molar-refractivity contribution in [3.63, 3.8) is 0 Å². The number of benzene rings is 1. The Morgan fingerprint density at radius 1 is 1.36 bits per heavy atom. The van der Waals surface area contributed by atoms with Crippen LogP contribution < -0.4 is 0 Å². The molecule has 0 unspecified atom stereocenters. The van der Waals surface area contributed by atoms with Gasteiger partial charge < -0.3 is 9.80 Å². The molecule has 1 aromatic rings. The first-order valence-corrected chi connectivity index (χ1v) is 7.90. The Morgan fingerprint density at radius 2 is 2.08 bits per heavy atom. The van der Waals surface area contributed by atoms with Crippen molar-refractivity contribution < 1.29 is 22.8 Å². The molecule has 1 aliphatic rings. The van der Waals surface area contributed by atoms with Crippen molar-refractivity contribution in [3.05, 3.63) is 35.1 Å². The van der Waals surface area contributed by atoms with Crippen LogP contribution in [0.4, 0.5) is 13.2 Å². The lowest BCUT2D eigenvalue weighted by Crippen LogP contribution is -2.55. The molecule has 1 atom stereocenters. The van der Waals surface area contributed by atoms with Crippen molar-refractivity contribution in [1.29, 1.82) is 5.26 Å². The fourth-order valence-electron chi connectivity index (χ4n) is 2.88. The first kappa shape index (κ1) is 18.8. The van der Waals surface area contributed by atoms with Crippen molar-refractivity contribution in [3.8, 4) is 6.07 Å². The average molecular weight is 353 g/mol. The molecular weight excluding hydrogens is 335 g/mol. The topological polar surface area (TPSA) is 64.4 Å². The van der Waals surface area contributed by atoms with Crippen LogP contribution >= 0.6 is 0 Å². The summed E-state index contributed by atoms with van der Waals surface area (Å²) in [5.41, 5.74) is -0.331. The van der Waals surface area contributed by atoms with Gasteiger partial charge in [-0.2, -0.15) is 5.26 Å². The van der Waals surface area contributed by atoms with Gasteiger partial charge in [0, 0.05) is 38.5 Å². The van der Waals surface area contributed by atoms with E-state index < -0.39 is 24.6 Å². The van der Waals surface area contributed by atoms with Gasteiger partial charge in [0.05, 0.1) is 5.56 Å². The molecule has 0 saturated carbocycles. The van der Waals surface area contributed by atoms with E-state index in [1.165, 1.54) is 21.9 Å². The van der Waals surface area contributed by atoms with Crippen LogP contribution in [0.1, 0.15) is 35.7 Å². The van der Waals surface area contributed by atoms with Gasteiger partial charge >= 0.3 is 0 Å². The number of hydrogen-bond acceptors (Lipinski definition) is 3. The normalized spacial score (nSPS) is 17.5. The number of amides is 2. The van der Waals surface area contributed by atoms with Crippen LogP contribution in [0.3, 0.4) is 0 Å². The summed E-state index contributed by atoms with van der Waals surface area (Å²) in [4.78, 5) is 27.5. The second-order valence-corrected chi connectivity index (χ2v) is 5.89. The largest absolute Gasteiger partial charge is 0.336 e. The van der Waals surface area contributed by atoms with Crippen LogP contribution in [0.5, 0.6) is 0 Å². The summed E-state index contributed by atoms with van der Waals surface area (Å²) in [5.74, 6) is -1.62. The van der Waals surface area contributed by atoms with Gasteiger partial charge in [0.15, 0.2) is 0 Å². The molecule has 8 heteroatoms. The Morgan fingerprint density at radius 3 is 2.68 bits per heavy atom. The number of halogens is 3. The van der Waals surface area contributed by atoms with Gasteiger partial charge in [0.25, 0.3) is 5.91 Å². The van der Waals surface area contributed by atoms with E-state index in [1.807, 2.05) is 0 Å². The Balaban J connectivity index is 2.06. The zero-order valence-electron chi connectivity index (χ0n) is 13.7. The second-order valence-electron chi connectivity index (χ2n) is 5.89. The molecular formula is C17H18F3N3O2. The Kier molecular flexibility index (Phi) is 6.02. The molecule has 0 spiro atoms. The number of carbonyl (C=O) groups excluding carboxylic acids is 2. The fourth-order valence-corrected chi connectivity index (χ4v) is 2.88. The number of alkyl halides is 2. The predicted octanol–water partition coefficient (Wildman–Crippen LogP) is 2.42. The molecule has 25 heavy (non-hydrogen) atoms. The van der Waals surface area contributed by atoms with Crippen molar-refractivity contribution in [1.82, 2.24) is 9.80 Å². The monoisotopic (exact) mass is 353 g/mol. The quantitative estimate of drug-likeness (QED) is 0.835. The standard InChI is InChI=1S/C17H18F3N3O2/c1-11-10-22(7-8-23(11)16(24)6-5-15(19)20)17(25)12-3-2-4-14(18)13(12)9-21/h2-4,11,15H,5-8,10H2,1H3/t11-/m1/s1. The zero-order valence-corrected chi connectivity index (χ0v) is 13.7. The highest BCUT2D eigenvalue weighted by atomic mass is 19.3. The van der Waals surface area contributed by atoms with Crippen LogP contribution in [0.15, 0.2) is 18.2 Å². The van der Waals surface area contributed by atoms with E-state index in [-0.39, 0.29) is 49.1 Å². The number of piperazine rings is 1. The summed E-state index contributed by atoms with van der Waals surface area (Å²) in [5, 5.41) is 9.04. The van der Waals surface area contributed by atoms with E-state index in [0.29, 0.717) is 0 Å². The summed E-state index contributed by atoms with van der Waals surface area (Å²) >= 11 is 0. The van der Waals surface area contributed by atoms with Gasteiger partial charge in [0.1, 0.15) is 17.4 Å². The average Bonchev–Trinajstić information content (AvgIpc) is 2.58. The first-order chi connectivity index (χ1) is 11.8. The minimum atomic E-state index is -2.53. The summed E-state index contributed by atoms with van der Waals surface area (Å²) in [6.07, 6.45) is -3.25. The summed E-state index contributed by atoms with van der Waals surface area (Å²) < 4.78 is 38.1. The highest BCUT2D eigenvalue weighted by Gasteiger charge is 2.31. The fraction of sp³-hybridized carbons (Fsp3) is 0.471. The maximum absolute atomic E-state index is 13.7. The van der Waals surface area contributed by atoms with Crippen LogP contribution in [0.25, 0.3) is 0 Å². The van der Waals surface area contributed by atoms with E-state index in [1.54, 1.807) is 13.0 Å². The molecule has 2 amide bonds. The second kappa shape index (κ2) is 8.01. The summed E-state index contributed by atoms with van der Waals surface area (Å²) in [7, 11) is 0. The van der Waals surface area contributed by atoms with Crippen molar-refractivity contribution in [2.45, 2.75) is 32.2 Å². The number of nitrogens with zero attached hydrogens (tertiary/aromatic N) is 3. The van der Waals surface area contributed by atoms with Crippen LogP contribution in [0.2, 0.25) is 0 Å². The lowest BCUT2D eigenvalue weighted by atomic mass is 10.0. The number of nitriles is 1. The molecule has 134 valence electrons. The third-order valence-corrected chi connectivity index (χ3v) is 4.17. The number of rotatable bonds is 4. The molecule has 1 aromatic carbocycles. The van der Waals surface area contributed by atoms with E-state index in [4.69, 9.17) is 5.26 Å². The van der Waals surface area contributed by atoms with Crippen LogP contribution in [-0.4, -0.2) is 53.7 Å². The van der Waals surface area contributed by atoms with Crippen molar-refractivity contribution in [2.75, 3.05) is 19.6 Å². The van der Waals surface area contributed by atoms with Gasteiger partial charge in [-0.05, 0) is 19.1 Å². The Hall–Kier alpha value is -2.56. The van der Waals surface area contributed by atoms with E-state index in [9.17, 15) is 22.8 Å². The first-order valence-electron chi connectivity index (χ1n) is 7.90.